The quantitative estimate of drug-likeness (QED) is 0.626. The van der Waals surface area contributed by atoms with Crippen molar-refractivity contribution >= 4 is 33.0 Å². The van der Waals surface area contributed by atoms with Crippen molar-refractivity contribution in [3.63, 3.8) is 0 Å². The van der Waals surface area contributed by atoms with Crippen molar-refractivity contribution in [2.75, 3.05) is 0 Å². The van der Waals surface area contributed by atoms with E-state index in [-0.39, 0.29) is 22.8 Å². The third kappa shape index (κ3) is 5.33. The van der Waals surface area contributed by atoms with Crippen LogP contribution in [0.3, 0.4) is 0 Å². The number of hydrogen-bond donors (Lipinski definition) is 1. The molecule has 2 atom stereocenters. The van der Waals surface area contributed by atoms with Gasteiger partial charge in [0.2, 0.25) is 15.9 Å². The molecule has 3 rings (SSSR count). The van der Waals surface area contributed by atoms with Crippen LogP contribution in [-0.2, 0) is 19.6 Å². The molecule has 168 valence electrons. The first kappa shape index (κ1) is 23.4. The molecule has 0 aromatic heterocycles. The van der Waals surface area contributed by atoms with Gasteiger partial charge in [0.15, 0.2) is 0 Å². The number of amides is 1. The van der Waals surface area contributed by atoms with E-state index in [2.05, 4.69) is 4.72 Å². The van der Waals surface area contributed by atoms with Crippen LogP contribution in [0.15, 0.2) is 47.4 Å². The average Bonchev–Trinajstić information content (AvgIpc) is 2.77. The summed E-state index contributed by atoms with van der Waals surface area (Å²) in [6, 6.07) is 10.9. The zero-order valence-corrected chi connectivity index (χ0v) is 19.3. The van der Waals surface area contributed by atoms with Gasteiger partial charge >= 0.3 is 0 Å². The average molecular weight is 445 g/mol. The maximum Gasteiger partial charge on any atom is 0.241 e. The number of aldehydes is 1. The lowest BCUT2D eigenvalue weighted by molar-refractivity contribution is -0.142. The Kier molecular flexibility index (Phi) is 7.49. The fourth-order valence-corrected chi connectivity index (χ4v) is 5.71. The minimum absolute atomic E-state index is 0.0344. The van der Waals surface area contributed by atoms with Crippen molar-refractivity contribution in [3.05, 3.63) is 42.5 Å². The van der Waals surface area contributed by atoms with E-state index >= 15 is 0 Å². The molecule has 1 saturated carbocycles. The Morgan fingerprint density at radius 1 is 1.03 bits per heavy atom. The fourth-order valence-electron chi connectivity index (χ4n) is 4.34. The smallest absolute Gasteiger partial charge is 0.241 e. The van der Waals surface area contributed by atoms with E-state index < -0.39 is 22.1 Å². The number of fused-ring (bicyclic) bond motifs is 1. The molecule has 2 aromatic carbocycles. The molecule has 1 unspecified atom stereocenters. The SMILES string of the molecule is CC(C)[C@H](NS(=O)(=O)c1ccc2ccccc2c1)C(=O)N(C(C)C=O)C1CCCCC1. The van der Waals surface area contributed by atoms with Gasteiger partial charge in [-0.25, -0.2) is 8.42 Å². The second-order valence-corrected chi connectivity index (χ2v) is 10.5. The van der Waals surface area contributed by atoms with Crippen LogP contribution in [0.4, 0.5) is 0 Å². The van der Waals surface area contributed by atoms with Gasteiger partial charge in [-0.1, -0.05) is 63.4 Å². The maximum atomic E-state index is 13.5. The number of carbonyl (C=O) groups excluding carboxylic acids is 2. The Hall–Kier alpha value is -2.25. The Morgan fingerprint density at radius 2 is 1.68 bits per heavy atom. The molecule has 1 aliphatic rings. The van der Waals surface area contributed by atoms with Gasteiger partial charge in [-0.15, -0.1) is 0 Å². The summed E-state index contributed by atoms with van der Waals surface area (Å²) in [6.07, 6.45) is 5.58. The van der Waals surface area contributed by atoms with Gasteiger partial charge in [0, 0.05) is 6.04 Å². The summed E-state index contributed by atoms with van der Waals surface area (Å²) in [5.41, 5.74) is 0. The Balaban J connectivity index is 1.90. The first-order chi connectivity index (χ1) is 14.7. The molecule has 0 saturated heterocycles. The zero-order chi connectivity index (χ0) is 22.6. The van der Waals surface area contributed by atoms with E-state index in [1.54, 1.807) is 30.0 Å². The summed E-state index contributed by atoms with van der Waals surface area (Å²) in [6.45, 7) is 5.33. The van der Waals surface area contributed by atoms with Gasteiger partial charge in [0.05, 0.1) is 10.9 Å². The molecule has 1 aliphatic carbocycles. The monoisotopic (exact) mass is 444 g/mol. The van der Waals surface area contributed by atoms with Gasteiger partial charge in [0.1, 0.15) is 12.3 Å². The van der Waals surface area contributed by atoms with Crippen LogP contribution in [0, 0.1) is 5.92 Å². The largest absolute Gasteiger partial charge is 0.329 e. The number of nitrogens with zero attached hydrogens (tertiary/aromatic N) is 1. The molecule has 6 nitrogen and oxygen atoms in total. The van der Waals surface area contributed by atoms with Crippen LogP contribution in [0.2, 0.25) is 0 Å². The van der Waals surface area contributed by atoms with E-state index in [9.17, 15) is 18.0 Å². The van der Waals surface area contributed by atoms with Crippen LogP contribution in [0.25, 0.3) is 10.8 Å². The lowest BCUT2D eigenvalue weighted by Gasteiger charge is -2.39. The predicted molar refractivity (Wildman–Crippen MR) is 122 cm³/mol. The molecule has 1 N–H and O–H groups in total. The van der Waals surface area contributed by atoms with Crippen molar-refractivity contribution in [2.45, 2.75) is 75.9 Å². The zero-order valence-electron chi connectivity index (χ0n) is 18.5. The lowest BCUT2D eigenvalue weighted by Crippen LogP contribution is -2.57. The highest BCUT2D eigenvalue weighted by atomic mass is 32.2. The minimum Gasteiger partial charge on any atom is -0.329 e. The van der Waals surface area contributed by atoms with Gasteiger partial charge in [-0.05, 0) is 48.6 Å². The molecule has 0 radical (unpaired) electrons. The molecule has 1 amide bonds. The molecule has 0 heterocycles. The molecule has 0 bridgehead atoms. The second kappa shape index (κ2) is 9.92. The number of nitrogens with one attached hydrogen (secondary N) is 1. The van der Waals surface area contributed by atoms with Crippen molar-refractivity contribution in [1.82, 2.24) is 9.62 Å². The van der Waals surface area contributed by atoms with Crippen LogP contribution >= 0.6 is 0 Å². The summed E-state index contributed by atoms with van der Waals surface area (Å²) in [4.78, 5) is 26.9. The van der Waals surface area contributed by atoms with Gasteiger partial charge in [0.25, 0.3) is 0 Å². The molecule has 1 fully saturated rings. The second-order valence-electron chi connectivity index (χ2n) is 8.77. The molecule has 2 aromatic rings. The van der Waals surface area contributed by atoms with Crippen molar-refractivity contribution in [1.29, 1.82) is 0 Å². The fraction of sp³-hybridized carbons (Fsp3) is 0.500. The predicted octanol–water partition coefficient (Wildman–Crippen LogP) is 3.89. The topological polar surface area (TPSA) is 83.6 Å². The molecule has 31 heavy (non-hydrogen) atoms. The van der Waals surface area contributed by atoms with Crippen LogP contribution in [0.1, 0.15) is 52.9 Å². The van der Waals surface area contributed by atoms with Crippen molar-refractivity contribution in [2.24, 2.45) is 5.92 Å². The molecular weight excluding hydrogens is 412 g/mol. The van der Waals surface area contributed by atoms with E-state index in [0.717, 1.165) is 49.2 Å². The standard InChI is InChI=1S/C24H32N2O4S/c1-17(2)23(24(28)26(18(3)16-27)21-11-5-4-6-12-21)25-31(29,30)22-14-13-19-9-7-8-10-20(19)15-22/h7-10,13-18,21,23,25H,4-6,11-12H2,1-3H3/t18?,23-/m0/s1. The first-order valence-electron chi connectivity index (χ1n) is 11.0. The minimum atomic E-state index is -3.92. The summed E-state index contributed by atoms with van der Waals surface area (Å²) >= 11 is 0. The number of rotatable bonds is 8. The third-order valence-corrected chi connectivity index (χ3v) is 7.54. The molecule has 7 heteroatoms. The Bertz CT molecular complexity index is 1030. The first-order valence-corrected chi connectivity index (χ1v) is 12.5. The highest BCUT2D eigenvalue weighted by molar-refractivity contribution is 7.89. The number of hydrogen-bond acceptors (Lipinski definition) is 4. The Labute approximate surface area is 185 Å². The molecule has 0 spiro atoms. The number of benzene rings is 2. The molecule has 0 aliphatic heterocycles. The van der Waals surface area contributed by atoms with Gasteiger partial charge < -0.3 is 9.69 Å². The van der Waals surface area contributed by atoms with Crippen molar-refractivity contribution < 1.29 is 18.0 Å². The van der Waals surface area contributed by atoms with Crippen LogP contribution < -0.4 is 4.72 Å². The number of sulfonamides is 1. The summed E-state index contributed by atoms with van der Waals surface area (Å²) < 4.78 is 29.0. The van der Waals surface area contributed by atoms with Crippen molar-refractivity contribution in [3.8, 4) is 0 Å². The van der Waals surface area contributed by atoms with Gasteiger partial charge in [-0.2, -0.15) is 4.72 Å². The van der Waals surface area contributed by atoms with E-state index in [1.165, 1.54) is 0 Å². The van der Waals surface area contributed by atoms with E-state index in [4.69, 9.17) is 0 Å². The molecular formula is C24H32N2O4S. The number of carbonyl (C=O) groups is 2. The summed E-state index contributed by atoms with van der Waals surface area (Å²) in [5.74, 6) is -0.599. The maximum absolute atomic E-state index is 13.5. The highest BCUT2D eigenvalue weighted by Crippen LogP contribution is 2.26. The van der Waals surface area contributed by atoms with Crippen LogP contribution in [0.5, 0.6) is 0 Å². The summed E-state index contributed by atoms with van der Waals surface area (Å²) in [7, 11) is -3.92. The highest BCUT2D eigenvalue weighted by Gasteiger charge is 2.37. The third-order valence-electron chi connectivity index (χ3n) is 6.10. The van der Waals surface area contributed by atoms with Gasteiger partial charge in [-0.3, -0.25) is 4.79 Å². The van der Waals surface area contributed by atoms with E-state index in [1.807, 2.05) is 38.1 Å². The lowest BCUT2D eigenvalue weighted by atomic mass is 9.92. The normalized spacial score (nSPS) is 17.4. The van der Waals surface area contributed by atoms with Crippen LogP contribution in [-0.4, -0.2) is 43.6 Å². The summed E-state index contributed by atoms with van der Waals surface area (Å²) in [5, 5.41) is 1.76. The Morgan fingerprint density at radius 3 is 2.29 bits per heavy atom. The van der Waals surface area contributed by atoms with E-state index in [0.29, 0.717) is 0 Å².